The van der Waals surface area contributed by atoms with E-state index in [9.17, 15) is 17.6 Å². The first-order valence-electron chi connectivity index (χ1n) is 4.49. The lowest BCUT2D eigenvalue weighted by molar-refractivity contribution is -0.137. The molecule has 0 saturated carbocycles. The van der Waals surface area contributed by atoms with Crippen LogP contribution in [0.3, 0.4) is 0 Å². The van der Waals surface area contributed by atoms with Crippen molar-refractivity contribution in [3.8, 4) is 0 Å². The van der Waals surface area contributed by atoms with Crippen LogP contribution in [-0.4, -0.2) is 6.54 Å². The second kappa shape index (κ2) is 5.36. The third-order valence-corrected chi connectivity index (χ3v) is 1.87. The molecule has 0 N–H and O–H groups in total. The van der Waals surface area contributed by atoms with Crippen LogP contribution in [0.2, 0.25) is 0 Å². The molecule has 0 spiro atoms. The van der Waals surface area contributed by atoms with Crippen LogP contribution in [0.15, 0.2) is 29.4 Å². The summed E-state index contributed by atoms with van der Waals surface area (Å²) in [5.41, 5.74) is 6.74. The van der Waals surface area contributed by atoms with E-state index in [2.05, 4.69) is 10.0 Å². The number of benzene rings is 1. The van der Waals surface area contributed by atoms with Crippen molar-refractivity contribution in [1.29, 1.82) is 0 Å². The van der Waals surface area contributed by atoms with Gasteiger partial charge in [0.25, 0.3) is 0 Å². The number of azide groups is 1. The molecule has 0 aliphatic carbocycles. The average Bonchev–Trinajstić information content (AvgIpc) is 2.23. The molecule has 0 amide bonds. The fourth-order valence-corrected chi connectivity index (χ4v) is 1.19. The molecule has 0 aliphatic heterocycles. The maximum Gasteiger partial charge on any atom is 0.416 e. The van der Waals surface area contributed by atoms with E-state index in [0.717, 1.165) is 18.2 Å². The number of nitrogens with zero attached hydrogens (tertiary/aromatic N) is 3. The zero-order valence-electron chi connectivity index (χ0n) is 8.45. The maximum absolute atomic E-state index is 12.8. The van der Waals surface area contributed by atoms with Crippen LogP contribution < -0.4 is 0 Å². The third-order valence-electron chi connectivity index (χ3n) is 1.87. The Kier molecular flexibility index (Phi) is 4.12. The van der Waals surface area contributed by atoms with Gasteiger partial charge in [-0.1, -0.05) is 17.3 Å². The molecule has 0 aliphatic rings. The lowest BCUT2D eigenvalue weighted by Crippen LogP contribution is -2.07. The van der Waals surface area contributed by atoms with Crippen LogP contribution >= 0.6 is 0 Å². The molecule has 0 fully saturated rings. The number of alkyl halides is 3. The van der Waals surface area contributed by atoms with Crippen molar-refractivity contribution in [3.05, 3.63) is 51.7 Å². The molecule has 0 heterocycles. The van der Waals surface area contributed by atoms with E-state index in [0.29, 0.717) is 6.07 Å². The van der Waals surface area contributed by atoms with Crippen molar-refractivity contribution in [2.45, 2.75) is 6.18 Å². The van der Waals surface area contributed by atoms with E-state index < -0.39 is 17.6 Å². The summed E-state index contributed by atoms with van der Waals surface area (Å²) in [5, 5.41) is 3.12. The van der Waals surface area contributed by atoms with Crippen LogP contribution in [0.5, 0.6) is 0 Å². The Labute approximate surface area is 94.0 Å². The first kappa shape index (κ1) is 13.1. The van der Waals surface area contributed by atoms with E-state index in [-0.39, 0.29) is 12.1 Å². The Hall–Kier alpha value is -2.01. The summed E-state index contributed by atoms with van der Waals surface area (Å²) in [6.07, 6.45) is -2.25. The van der Waals surface area contributed by atoms with Gasteiger partial charge >= 0.3 is 6.18 Å². The van der Waals surface area contributed by atoms with Gasteiger partial charge < -0.3 is 0 Å². The van der Waals surface area contributed by atoms with Crippen LogP contribution in [0.4, 0.5) is 17.6 Å². The highest BCUT2D eigenvalue weighted by molar-refractivity contribution is 5.55. The molecule has 7 heteroatoms. The van der Waals surface area contributed by atoms with E-state index in [1.165, 1.54) is 6.08 Å². The van der Waals surface area contributed by atoms with E-state index in [1.54, 1.807) is 0 Å². The lowest BCUT2D eigenvalue weighted by Gasteiger charge is -2.09. The summed E-state index contributed by atoms with van der Waals surface area (Å²) in [7, 11) is 0. The fraction of sp³-hybridized carbons (Fsp3) is 0.200. The van der Waals surface area contributed by atoms with Gasteiger partial charge in [-0.3, -0.25) is 0 Å². The van der Waals surface area contributed by atoms with Crippen LogP contribution in [0, 0.1) is 5.82 Å². The molecule has 0 atom stereocenters. The highest BCUT2D eigenvalue weighted by atomic mass is 19.4. The van der Waals surface area contributed by atoms with Gasteiger partial charge in [0.05, 0.1) is 5.56 Å². The van der Waals surface area contributed by atoms with Crippen LogP contribution in [-0.2, 0) is 6.18 Å². The summed E-state index contributed by atoms with van der Waals surface area (Å²) >= 11 is 0. The highest BCUT2D eigenvalue weighted by Crippen LogP contribution is 2.32. The second-order valence-electron chi connectivity index (χ2n) is 3.05. The van der Waals surface area contributed by atoms with Gasteiger partial charge in [0.1, 0.15) is 5.82 Å². The van der Waals surface area contributed by atoms with Crippen molar-refractivity contribution >= 4 is 6.08 Å². The highest BCUT2D eigenvalue weighted by Gasteiger charge is 2.32. The molecular formula is C10H7F4N3. The molecule has 1 rings (SSSR count). The zero-order chi connectivity index (χ0) is 12.9. The normalized spacial score (nSPS) is 11.5. The molecule has 1 aromatic carbocycles. The largest absolute Gasteiger partial charge is 0.416 e. The minimum atomic E-state index is -4.55. The Bertz CT molecular complexity index is 473. The van der Waals surface area contributed by atoms with Crippen molar-refractivity contribution in [2.24, 2.45) is 5.11 Å². The van der Waals surface area contributed by atoms with Crippen molar-refractivity contribution in [1.82, 2.24) is 0 Å². The van der Waals surface area contributed by atoms with Gasteiger partial charge in [0.15, 0.2) is 0 Å². The van der Waals surface area contributed by atoms with Gasteiger partial charge in [0.2, 0.25) is 0 Å². The average molecular weight is 245 g/mol. The Morgan fingerprint density at radius 2 is 2.06 bits per heavy atom. The predicted molar refractivity (Wildman–Crippen MR) is 54.4 cm³/mol. The van der Waals surface area contributed by atoms with Gasteiger partial charge in [0, 0.05) is 11.5 Å². The molecule has 1 aromatic rings. The number of halogens is 4. The van der Waals surface area contributed by atoms with Crippen molar-refractivity contribution in [3.63, 3.8) is 0 Å². The van der Waals surface area contributed by atoms with Gasteiger partial charge in [-0.25, -0.2) is 4.39 Å². The molecule has 0 aromatic heterocycles. The standard InChI is InChI=1S/C10H7F4N3/c11-8-3-4-9(10(12,13)14)7(6-8)2-1-5-16-17-15/h1-4,6H,5H2. The summed E-state index contributed by atoms with van der Waals surface area (Å²) < 4.78 is 50.4. The molecule has 90 valence electrons. The molecule has 0 saturated heterocycles. The van der Waals surface area contributed by atoms with Gasteiger partial charge in [-0.15, -0.1) is 0 Å². The van der Waals surface area contributed by atoms with Crippen LogP contribution in [0.1, 0.15) is 11.1 Å². The van der Waals surface area contributed by atoms with Crippen molar-refractivity contribution < 1.29 is 17.6 Å². The molecular weight excluding hydrogens is 238 g/mol. The van der Waals surface area contributed by atoms with E-state index >= 15 is 0 Å². The number of hydrogen-bond donors (Lipinski definition) is 0. The molecule has 0 radical (unpaired) electrons. The predicted octanol–water partition coefficient (Wildman–Crippen LogP) is 4.17. The minimum Gasteiger partial charge on any atom is -0.207 e. The third kappa shape index (κ3) is 3.81. The minimum absolute atomic E-state index is 0.0929. The Morgan fingerprint density at radius 3 is 2.65 bits per heavy atom. The monoisotopic (exact) mass is 245 g/mol. The maximum atomic E-state index is 12.8. The Morgan fingerprint density at radius 1 is 1.35 bits per heavy atom. The molecule has 0 bridgehead atoms. The number of rotatable bonds is 3. The summed E-state index contributed by atoms with van der Waals surface area (Å²) in [6.45, 7) is -0.0929. The van der Waals surface area contributed by atoms with Crippen molar-refractivity contribution in [2.75, 3.05) is 6.54 Å². The zero-order valence-corrected chi connectivity index (χ0v) is 8.45. The summed E-state index contributed by atoms with van der Waals surface area (Å²) in [6, 6.07) is 2.19. The molecule has 0 unspecified atom stereocenters. The molecule has 17 heavy (non-hydrogen) atoms. The number of hydrogen-bond acceptors (Lipinski definition) is 1. The van der Waals surface area contributed by atoms with Gasteiger partial charge in [-0.05, 0) is 29.3 Å². The van der Waals surface area contributed by atoms with E-state index in [4.69, 9.17) is 5.53 Å². The van der Waals surface area contributed by atoms with Crippen LogP contribution in [0.25, 0.3) is 16.5 Å². The smallest absolute Gasteiger partial charge is 0.207 e. The first-order chi connectivity index (χ1) is 7.95. The van der Waals surface area contributed by atoms with Gasteiger partial charge in [-0.2, -0.15) is 13.2 Å². The lowest BCUT2D eigenvalue weighted by atomic mass is 10.1. The fourth-order valence-electron chi connectivity index (χ4n) is 1.19. The van der Waals surface area contributed by atoms with E-state index in [1.807, 2.05) is 0 Å². The Balaban J connectivity index is 3.07. The topological polar surface area (TPSA) is 48.8 Å². The quantitative estimate of drug-likeness (QED) is 0.332. The first-order valence-corrected chi connectivity index (χ1v) is 4.49. The second-order valence-corrected chi connectivity index (χ2v) is 3.05. The SMILES string of the molecule is [N-]=[N+]=NCC=Cc1cc(F)ccc1C(F)(F)F. The molecule has 3 nitrogen and oxygen atoms in total. The summed E-state index contributed by atoms with van der Waals surface area (Å²) in [4.78, 5) is 2.43. The summed E-state index contributed by atoms with van der Waals surface area (Å²) in [5.74, 6) is -0.763.